The molecule has 0 aliphatic carbocycles. The van der Waals surface area contributed by atoms with E-state index < -0.39 is 11.2 Å². The lowest BCUT2D eigenvalue weighted by molar-refractivity contribution is 0.0839. The van der Waals surface area contributed by atoms with Crippen LogP contribution in [0.25, 0.3) is 0 Å². The third-order valence-electron chi connectivity index (χ3n) is 4.88. The maximum absolute atomic E-state index is 12.7. The SMILES string of the molecule is Cc1cc(CN2CCN(CC(=O)c3c(N)n(C)c(=O)n(C)c3=O)CC2)no1. The fourth-order valence-corrected chi connectivity index (χ4v) is 3.23. The molecule has 2 aromatic heterocycles. The van der Waals surface area contributed by atoms with Crippen molar-refractivity contribution in [2.24, 2.45) is 14.1 Å². The first kappa shape index (κ1) is 19.1. The highest BCUT2D eigenvalue weighted by Crippen LogP contribution is 2.11. The Kier molecular flexibility index (Phi) is 5.29. The predicted octanol–water partition coefficient (Wildman–Crippen LogP) is -1.04. The smallest absolute Gasteiger partial charge is 0.332 e. The molecule has 0 bridgehead atoms. The van der Waals surface area contributed by atoms with Crippen molar-refractivity contribution in [2.75, 3.05) is 38.5 Å². The maximum atomic E-state index is 12.7. The molecule has 1 saturated heterocycles. The number of aryl methyl sites for hydroxylation is 1. The Bertz CT molecular complexity index is 965. The van der Waals surface area contributed by atoms with Crippen LogP contribution in [0.15, 0.2) is 20.2 Å². The van der Waals surface area contributed by atoms with Gasteiger partial charge >= 0.3 is 5.69 Å². The highest BCUT2D eigenvalue weighted by molar-refractivity contribution is 6.01. The van der Waals surface area contributed by atoms with Gasteiger partial charge in [-0.2, -0.15) is 0 Å². The lowest BCUT2D eigenvalue weighted by Gasteiger charge is -2.33. The van der Waals surface area contributed by atoms with Crippen molar-refractivity contribution in [3.05, 3.63) is 43.9 Å². The first-order valence-electron chi connectivity index (χ1n) is 8.73. The highest BCUT2D eigenvalue weighted by atomic mass is 16.5. The molecule has 0 aromatic carbocycles. The number of ketones is 1. The summed E-state index contributed by atoms with van der Waals surface area (Å²) in [7, 11) is 2.78. The molecule has 3 rings (SSSR count). The zero-order valence-corrected chi connectivity index (χ0v) is 15.8. The van der Waals surface area contributed by atoms with Gasteiger partial charge in [0, 0.05) is 52.9 Å². The van der Waals surface area contributed by atoms with E-state index >= 15 is 0 Å². The van der Waals surface area contributed by atoms with Crippen LogP contribution in [0.1, 0.15) is 21.8 Å². The number of nitrogen functional groups attached to an aromatic ring is 1. The Labute approximate surface area is 155 Å². The van der Waals surface area contributed by atoms with E-state index in [-0.39, 0.29) is 23.7 Å². The van der Waals surface area contributed by atoms with Crippen LogP contribution in [0.5, 0.6) is 0 Å². The number of aromatic nitrogens is 3. The summed E-state index contributed by atoms with van der Waals surface area (Å²) in [5.41, 5.74) is 5.42. The van der Waals surface area contributed by atoms with E-state index in [0.29, 0.717) is 19.6 Å². The zero-order valence-electron chi connectivity index (χ0n) is 15.8. The molecule has 10 heteroatoms. The van der Waals surface area contributed by atoms with Crippen molar-refractivity contribution >= 4 is 11.6 Å². The molecule has 3 heterocycles. The largest absolute Gasteiger partial charge is 0.384 e. The van der Waals surface area contributed by atoms with Crippen molar-refractivity contribution in [1.29, 1.82) is 0 Å². The number of nitrogens with zero attached hydrogens (tertiary/aromatic N) is 5. The normalized spacial score (nSPS) is 16.0. The fraction of sp³-hybridized carbons (Fsp3) is 0.529. The minimum absolute atomic E-state index is 0.0897. The second-order valence-electron chi connectivity index (χ2n) is 6.87. The standard InChI is InChI=1S/C17H24N6O4/c1-11-8-12(19-27-11)9-22-4-6-23(7-5-22)10-13(24)14-15(18)20(2)17(26)21(3)16(14)25/h8H,4-7,9-10,18H2,1-3H3. The Morgan fingerprint density at radius 1 is 1.15 bits per heavy atom. The van der Waals surface area contributed by atoms with Gasteiger partial charge in [0.2, 0.25) is 0 Å². The van der Waals surface area contributed by atoms with Crippen LogP contribution in [0.3, 0.4) is 0 Å². The molecule has 10 nitrogen and oxygen atoms in total. The molecule has 146 valence electrons. The van der Waals surface area contributed by atoms with E-state index in [1.165, 1.54) is 14.1 Å². The van der Waals surface area contributed by atoms with Crippen LogP contribution in [0, 0.1) is 6.92 Å². The topological polar surface area (TPSA) is 120 Å². The van der Waals surface area contributed by atoms with Crippen LogP contribution in [-0.4, -0.2) is 62.6 Å². The van der Waals surface area contributed by atoms with Crippen LogP contribution in [-0.2, 0) is 20.6 Å². The van der Waals surface area contributed by atoms with Crippen LogP contribution < -0.4 is 17.0 Å². The summed E-state index contributed by atoms with van der Waals surface area (Å²) >= 11 is 0. The monoisotopic (exact) mass is 376 g/mol. The Balaban J connectivity index is 1.63. The molecule has 2 N–H and O–H groups in total. The Hall–Kier alpha value is -2.72. The van der Waals surface area contributed by atoms with Gasteiger partial charge in [-0.25, -0.2) is 4.79 Å². The molecule has 0 atom stereocenters. The van der Waals surface area contributed by atoms with Crippen LogP contribution in [0.2, 0.25) is 0 Å². The molecule has 2 aromatic rings. The van der Waals surface area contributed by atoms with Crippen molar-refractivity contribution in [3.8, 4) is 0 Å². The van der Waals surface area contributed by atoms with E-state index in [1.54, 1.807) is 0 Å². The molecule has 0 amide bonds. The molecular formula is C17H24N6O4. The van der Waals surface area contributed by atoms with Gasteiger partial charge in [0.05, 0.1) is 12.2 Å². The van der Waals surface area contributed by atoms with Gasteiger partial charge in [-0.3, -0.25) is 28.5 Å². The van der Waals surface area contributed by atoms with Crippen LogP contribution >= 0.6 is 0 Å². The number of anilines is 1. The van der Waals surface area contributed by atoms with Gasteiger partial charge < -0.3 is 10.3 Å². The fourth-order valence-electron chi connectivity index (χ4n) is 3.23. The average molecular weight is 376 g/mol. The number of carbonyl (C=O) groups excluding carboxylic acids is 1. The van der Waals surface area contributed by atoms with E-state index in [0.717, 1.165) is 33.7 Å². The molecule has 1 fully saturated rings. The van der Waals surface area contributed by atoms with Gasteiger partial charge in [0.15, 0.2) is 5.78 Å². The summed E-state index contributed by atoms with van der Waals surface area (Å²) in [5, 5.41) is 4.00. The van der Waals surface area contributed by atoms with E-state index in [9.17, 15) is 14.4 Å². The van der Waals surface area contributed by atoms with E-state index in [4.69, 9.17) is 10.3 Å². The number of nitrogens with two attached hydrogens (primary N) is 1. The lowest BCUT2D eigenvalue weighted by Crippen LogP contribution is -2.48. The molecule has 1 aliphatic heterocycles. The maximum Gasteiger partial charge on any atom is 0.332 e. The Morgan fingerprint density at radius 3 is 2.37 bits per heavy atom. The number of rotatable bonds is 5. The van der Waals surface area contributed by atoms with Crippen molar-refractivity contribution in [2.45, 2.75) is 13.5 Å². The minimum atomic E-state index is -0.652. The van der Waals surface area contributed by atoms with Crippen LogP contribution in [0.4, 0.5) is 5.82 Å². The number of piperazine rings is 1. The summed E-state index contributed by atoms with van der Waals surface area (Å²) < 4.78 is 7.10. The second-order valence-corrected chi connectivity index (χ2v) is 6.87. The average Bonchev–Trinajstić information content (AvgIpc) is 3.05. The van der Waals surface area contributed by atoms with E-state index in [1.807, 2.05) is 17.9 Å². The third kappa shape index (κ3) is 3.86. The summed E-state index contributed by atoms with van der Waals surface area (Å²) in [6, 6.07) is 1.91. The first-order chi connectivity index (χ1) is 12.8. The van der Waals surface area contributed by atoms with Gasteiger partial charge in [-0.05, 0) is 6.92 Å². The summed E-state index contributed by atoms with van der Waals surface area (Å²) in [4.78, 5) is 41.1. The molecule has 0 spiro atoms. The predicted molar refractivity (Wildman–Crippen MR) is 98.6 cm³/mol. The molecule has 27 heavy (non-hydrogen) atoms. The molecule has 0 unspecified atom stereocenters. The van der Waals surface area contributed by atoms with Gasteiger partial charge in [0.1, 0.15) is 17.1 Å². The van der Waals surface area contributed by atoms with Gasteiger partial charge in [0.25, 0.3) is 5.56 Å². The molecule has 0 radical (unpaired) electrons. The third-order valence-corrected chi connectivity index (χ3v) is 4.88. The summed E-state index contributed by atoms with van der Waals surface area (Å²) in [5.74, 6) is 0.322. The molecular weight excluding hydrogens is 352 g/mol. The van der Waals surface area contributed by atoms with Gasteiger partial charge in [-0.15, -0.1) is 0 Å². The number of Topliss-reactive ketones (excluding diaryl/α,β-unsaturated/α-hetero) is 1. The van der Waals surface area contributed by atoms with Gasteiger partial charge in [-0.1, -0.05) is 5.16 Å². The summed E-state index contributed by atoms with van der Waals surface area (Å²) in [6.45, 7) is 5.58. The van der Waals surface area contributed by atoms with E-state index in [2.05, 4.69) is 10.1 Å². The number of hydrogen-bond acceptors (Lipinski definition) is 8. The molecule has 1 aliphatic rings. The highest BCUT2D eigenvalue weighted by Gasteiger charge is 2.24. The Morgan fingerprint density at radius 2 is 1.78 bits per heavy atom. The first-order valence-corrected chi connectivity index (χ1v) is 8.73. The molecule has 0 saturated carbocycles. The second kappa shape index (κ2) is 7.49. The number of carbonyl (C=O) groups is 1. The quantitative estimate of drug-likeness (QED) is 0.658. The zero-order chi connectivity index (χ0) is 19.7. The minimum Gasteiger partial charge on any atom is -0.384 e. The lowest BCUT2D eigenvalue weighted by atomic mass is 10.1. The van der Waals surface area contributed by atoms with Crippen molar-refractivity contribution in [1.82, 2.24) is 24.1 Å². The van der Waals surface area contributed by atoms with Crippen molar-refractivity contribution < 1.29 is 9.32 Å². The number of hydrogen-bond donors (Lipinski definition) is 1. The summed E-state index contributed by atoms with van der Waals surface area (Å²) in [6.07, 6.45) is 0. The van der Waals surface area contributed by atoms with Crippen molar-refractivity contribution in [3.63, 3.8) is 0 Å².